The molecule has 3 aromatic rings. The van der Waals surface area contributed by atoms with Crippen molar-refractivity contribution in [1.82, 2.24) is 10.2 Å². The summed E-state index contributed by atoms with van der Waals surface area (Å²) in [6, 6.07) is 20.7. The molecule has 1 atom stereocenters. The summed E-state index contributed by atoms with van der Waals surface area (Å²) in [4.78, 5) is 28.7. The molecule has 0 aliphatic heterocycles. The minimum Gasteiger partial charge on any atom is -0.354 e. The summed E-state index contributed by atoms with van der Waals surface area (Å²) in [5, 5.41) is 2.91. The van der Waals surface area contributed by atoms with Gasteiger partial charge in [-0.1, -0.05) is 87.4 Å². The average molecular weight is 578 g/mol. The molecule has 220 valence electrons. The number of sulfonamides is 1. The van der Waals surface area contributed by atoms with Gasteiger partial charge in [-0.15, -0.1) is 0 Å². The van der Waals surface area contributed by atoms with Crippen molar-refractivity contribution in [3.8, 4) is 0 Å². The van der Waals surface area contributed by atoms with Crippen molar-refractivity contribution < 1.29 is 18.0 Å². The van der Waals surface area contributed by atoms with Crippen molar-refractivity contribution in [2.75, 3.05) is 17.4 Å². The topological polar surface area (TPSA) is 86.8 Å². The van der Waals surface area contributed by atoms with Gasteiger partial charge in [-0.05, 0) is 68.0 Å². The molecule has 0 aliphatic carbocycles. The van der Waals surface area contributed by atoms with E-state index in [0.717, 1.165) is 26.6 Å². The zero-order valence-electron chi connectivity index (χ0n) is 25.2. The average Bonchev–Trinajstić information content (AvgIpc) is 2.93. The molecule has 0 saturated heterocycles. The summed E-state index contributed by atoms with van der Waals surface area (Å²) >= 11 is 0. The number of hydrogen-bond donors (Lipinski definition) is 1. The first-order chi connectivity index (χ1) is 19.3. The molecule has 0 aromatic heterocycles. The summed E-state index contributed by atoms with van der Waals surface area (Å²) in [7, 11) is -4.09. The van der Waals surface area contributed by atoms with Crippen LogP contribution in [-0.2, 0) is 26.2 Å². The van der Waals surface area contributed by atoms with Crippen LogP contribution >= 0.6 is 0 Å². The van der Waals surface area contributed by atoms with Crippen LogP contribution in [0.15, 0.2) is 77.7 Å². The first-order valence-corrected chi connectivity index (χ1v) is 15.6. The molecular formula is C33H43N3O4S. The number of aryl methyl sites for hydroxylation is 2. The second kappa shape index (κ2) is 13.8. The summed E-state index contributed by atoms with van der Waals surface area (Å²) < 4.78 is 29.1. The zero-order valence-corrected chi connectivity index (χ0v) is 26.0. The molecule has 0 saturated carbocycles. The Kier molecular flexibility index (Phi) is 10.7. The van der Waals surface area contributed by atoms with E-state index >= 15 is 0 Å². The highest BCUT2D eigenvalue weighted by Gasteiger charge is 2.32. The van der Waals surface area contributed by atoms with E-state index in [2.05, 4.69) is 19.2 Å². The summed E-state index contributed by atoms with van der Waals surface area (Å²) in [5.41, 5.74) is 4.26. The normalized spacial score (nSPS) is 12.3. The Morgan fingerprint density at radius 2 is 1.46 bits per heavy atom. The SMILES string of the molecule is Cc1ccc(S(=O)(=O)N(CC(=O)N(Cc2cccc(C)c2)C(C)C(=O)NCC(C)C)c2ccc(C(C)C)cc2)cc1. The number of carbonyl (C=O) groups is 2. The maximum Gasteiger partial charge on any atom is 0.264 e. The van der Waals surface area contributed by atoms with Gasteiger partial charge < -0.3 is 10.2 Å². The van der Waals surface area contributed by atoms with E-state index in [1.807, 2.05) is 64.1 Å². The Labute approximate surface area is 245 Å². The molecule has 2 amide bonds. The number of nitrogens with zero attached hydrogens (tertiary/aromatic N) is 2. The van der Waals surface area contributed by atoms with Crippen LogP contribution in [0.25, 0.3) is 0 Å². The van der Waals surface area contributed by atoms with E-state index in [9.17, 15) is 18.0 Å². The van der Waals surface area contributed by atoms with Crippen molar-refractivity contribution in [1.29, 1.82) is 0 Å². The molecule has 41 heavy (non-hydrogen) atoms. The first-order valence-electron chi connectivity index (χ1n) is 14.1. The summed E-state index contributed by atoms with van der Waals surface area (Å²) in [6.45, 7) is 13.8. The second-order valence-corrected chi connectivity index (χ2v) is 13.3. The van der Waals surface area contributed by atoms with Gasteiger partial charge >= 0.3 is 0 Å². The Hall–Kier alpha value is -3.65. The molecule has 7 nitrogen and oxygen atoms in total. The third-order valence-corrected chi connectivity index (χ3v) is 8.81. The van der Waals surface area contributed by atoms with E-state index in [1.54, 1.807) is 43.3 Å². The molecule has 0 bridgehead atoms. The fourth-order valence-corrected chi connectivity index (χ4v) is 5.85. The maximum atomic E-state index is 14.0. The second-order valence-electron chi connectivity index (χ2n) is 11.4. The number of anilines is 1. The van der Waals surface area contributed by atoms with Crippen LogP contribution in [0.5, 0.6) is 0 Å². The lowest BCUT2D eigenvalue weighted by atomic mass is 10.0. The monoisotopic (exact) mass is 577 g/mol. The molecule has 3 aromatic carbocycles. The molecule has 0 aliphatic rings. The molecule has 0 spiro atoms. The van der Waals surface area contributed by atoms with Crippen molar-refractivity contribution in [2.24, 2.45) is 5.92 Å². The van der Waals surface area contributed by atoms with Gasteiger partial charge in [0.25, 0.3) is 10.0 Å². The number of carbonyl (C=O) groups excluding carboxylic acids is 2. The minimum atomic E-state index is -4.09. The fourth-order valence-electron chi connectivity index (χ4n) is 4.43. The minimum absolute atomic E-state index is 0.0943. The molecule has 0 fully saturated rings. The van der Waals surface area contributed by atoms with Crippen LogP contribution in [-0.4, -0.2) is 44.3 Å². The third kappa shape index (κ3) is 8.43. The van der Waals surface area contributed by atoms with E-state index in [1.165, 1.54) is 4.90 Å². The highest BCUT2D eigenvalue weighted by Crippen LogP contribution is 2.27. The van der Waals surface area contributed by atoms with Crippen LogP contribution in [0.2, 0.25) is 0 Å². The Morgan fingerprint density at radius 1 is 0.829 bits per heavy atom. The van der Waals surface area contributed by atoms with Crippen LogP contribution in [0.4, 0.5) is 5.69 Å². The number of rotatable bonds is 12. The lowest BCUT2D eigenvalue weighted by Crippen LogP contribution is -2.51. The molecule has 0 heterocycles. The largest absolute Gasteiger partial charge is 0.354 e. The van der Waals surface area contributed by atoms with Crippen molar-refractivity contribution in [3.05, 3.63) is 95.1 Å². The highest BCUT2D eigenvalue weighted by atomic mass is 32.2. The van der Waals surface area contributed by atoms with Crippen molar-refractivity contribution in [3.63, 3.8) is 0 Å². The van der Waals surface area contributed by atoms with Crippen molar-refractivity contribution >= 4 is 27.5 Å². The number of hydrogen-bond acceptors (Lipinski definition) is 4. The fraction of sp³-hybridized carbons (Fsp3) is 0.394. The van der Waals surface area contributed by atoms with Crippen LogP contribution in [0.3, 0.4) is 0 Å². The Balaban J connectivity index is 2.03. The molecule has 3 rings (SSSR count). The lowest BCUT2D eigenvalue weighted by Gasteiger charge is -2.32. The quantitative estimate of drug-likeness (QED) is 0.294. The number of nitrogens with one attached hydrogen (secondary N) is 1. The third-order valence-electron chi connectivity index (χ3n) is 7.02. The van der Waals surface area contributed by atoms with Gasteiger partial charge in [0.15, 0.2) is 0 Å². The zero-order chi connectivity index (χ0) is 30.3. The van der Waals surface area contributed by atoms with Gasteiger partial charge in [-0.3, -0.25) is 13.9 Å². The molecule has 1 unspecified atom stereocenters. The van der Waals surface area contributed by atoms with Gasteiger partial charge in [-0.2, -0.15) is 0 Å². The van der Waals surface area contributed by atoms with E-state index in [0.29, 0.717) is 12.2 Å². The summed E-state index contributed by atoms with van der Waals surface area (Å²) in [6.07, 6.45) is 0. The molecule has 0 radical (unpaired) electrons. The van der Waals surface area contributed by atoms with E-state index in [-0.39, 0.29) is 29.2 Å². The molecule has 8 heteroatoms. The Bertz CT molecular complexity index is 1430. The maximum absolute atomic E-state index is 14.0. The van der Waals surface area contributed by atoms with Gasteiger partial charge in [-0.25, -0.2) is 8.42 Å². The van der Waals surface area contributed by atoms with Crippen LogP contribution in [0, 0.1) is 19.8 Å². The van der Waals surface area contributed by atoms with Gasteiger partial charge in [0.05, 0.1) is 10.6 Å². The smallest absolute Gasteiger partial charge is 0.264 e. The first kappa shape index (κ1) is 31.9. The van der Waals surface area contributed by atoms with Crippen LogP contribution < -0.4 is 9.62 Å². The number of benzene rings is 3. The molecule has 1 N–H and O–H groups in total. The predicted octanol–water partition coefficient (Wildman–Crippen LogP) is 5.81. The lowest BCUT2D eigenvalue weighted by molar-refractivity contribution is -0.139. The summed E-state index contributed by atoms with van der Waals surface area (Å²) in [5.74, 6) is -0.241. The van der Waals surface area contributed by atoms with E-state index < -0.39 is 28.5 Å². The van der Waals surface area contributed by atoms with Crippen molar-refractivity contribution in [2.45, 2.75) is 71.9 Å². The molecular weight excluding hydrogens is 534 g/mol. The van der Waals surface area contributed by atoms with Crippen LogP contribution in [0.1, 0.15) is 62.8 Å². The van der Waals surface area contributed by atoms with Gasteiger partial charge in [0.1, 0.15) is 12.6 Å². The van der Waals surface area contributed by atoms with Gasteiger partial charge in [0.2, 0.25) is 11.8 Å². The van der Waals surface area contributed by atoms with Gasteiger partial charge in [0, 0.05) is 13.1 Å². The Morgan fingerprint density at radius 3 is 2.02 bits per heavy atom. The van der Waals surface area contributed by atoms with E-state index in [4.69, 9.17) is 0 Å². The number of amides is 2. The standard InChI is InChI=1S/C33H43N3O4S/c1-23(2)20-34-33(38)27(7)35(21-28-10-8-9-26(6)19-28)32(37)22-36(30-15-13-29(14-16-30)24(3)4)41(39,40)31-17-11-25(5)12-18-31/h8-19,23-24,27H,20-22H2,1-7H3,(H,34,38). The highest BCUT2D eigenvalue weighted by molar-refractivity contribution is 7.92. The predicted molar refractivity (Wildman–Crippen MR) is 165 cm³/mol.